The molecule has 0 aromatic heterocycles. The number of hydrogen-bond donors (Lipinski definition) is 0. The quantitative estimate of drug-likeness (QED) is 0.238. The zero-order valence-corrected chi connectivity index (χ0v) is 22.7. The lowest BCUT2D eigenvalue weighted by Gasteiger charge is -2.25. The van der Waals surface area contributed by atoms with Crippen LogP contribution in [0.4, 0.5) is 0 Å². The normalized spacial score (nSPS) is 11.7. The summed E-state index contributed by atoms with van der Waals surface area (Å²) >= 11 is 3.94. The first-order chi connectivity index (χ1) is 16.3. The third-order valence-corrected chi connectivity index (χ3v) is 7.36. The highest BCUT2D eigenvalue weighted by Crippen LogP contribution is 2.47. The molecule has 2 heteroatoms. The molecule has 0 aliphatic heterocycles. The molecule has 0 spiro atoms. The molecule has 0 heterocycles. The molecule has 176 valence electrons. The monoisotopic (exact) mass is 514 g/mol. The van der Waals surface area contributed by atoms with Gasteiger partial charge in [-0.2, -0.15) is 0 Å². The molecule has 0 fully saturated rings. The molecule has 0 aliphatic rings. The van der Waals surface area contributed by atoms with Crippen LogP contribution in [0, 0.1) is 0 Å². The largest absolute Gasteiger partial charge is 0.487 e. The Morgan fingerprint density at radius 3 is 1.88 bits per heavy atom. The van der Waals surface area contributed by atoms with Crippen molar-refractivity contribution in [3.05, 3.63) is 99.5 Å². The molecule has 1 nitrogen and oxygen atoms in total. The molecule has 4 aromatic carbocycles. The summed E-state index contributed by atoms with van der Waals surface area (Å²) in [5, 5.41) is 2.39. The van der Waals surface area contributed by atoms with Gasteiger partial charge in [-0.05, 0) is 78.3 Å². The first kappa shape index (κ1) is 24.5. The molecule has 0 unspecified atom stereocenters. The van der Waals surface area contributed by atoms with Crippen LogP contribution in [0.5, 0.6) is 5.75 Å². The zero-order chi connectivity index (χ0) is 24.4. The van der Waals surface area contributed by atoms with Gasteiger partial charge in [-0.25, -0.2) is 0 Å². The Balaban J connectivity index is 2.01. The maximum absolute atomic E-state index is 6.62. The van der Waals surface area contributed by atoms with E-state index in [2.05, 4.69) is 124 Å². The van der Waals surface area contributed by atoms with E-state index in [0.717, 1.165) is 15.8 Å². The van der Waals surface area contributed by atoms with Crippen LogP contribution in [0.3, 0.4) is 0 Å². The summed E-state index contributed by atoms with van der Waals surface area (Å²) in [5.41, 5.74) is 7.84. The fourth-order valence-electron chi connectivity index (χ4n) is 4.61. The highest BCUT2D eigenvalue weighted by molar-refractivity contribution is 9.10. The lowest BCUT2D eigenvalue weighted by atomic mass is 9.81. The number of ether oxygens (including phenoxy) is 1. The minimum absolute atomic E-state index is 0.401. The number of halogens is 1. The maximum atomic E-state index is 6.62. The van der Waals surface area contributed by atoms with Crippen LogP contribution in [-0.4, -0.2) is 0 Å². The number of benzene rings is 4. The van der Waals surface area contributed by atoms with Gasteiger partial charge >= 0.3 is 0 Å². The van der Waals surface area contributed by atoms with E-state index in [1.807, 2.05) is 6.07 Å². The zero-order valence-electron chi connectivity index (χ0n) is 21.2. The van der Waals surface area contributed by atoms with Gasteiger partial charge in [0.2, 0.25) is 0 Å². The van der Waals surface area contributed by atoms with E-state index in [0.29, 0.717) is 24.4 Å². The van der Waals surface area contributed by atoms with Crippen LogP contribution in [0.2, 0.25) is 0 Å². The van der Waals surface area contributed by atoms with E-state index in [9.17, 15) is 0 Å². The summed E-state index contributed by atoms with van der Waals surface area (Å²) in [4.78, 5) is 0. The molecular formula is C32H35BrO. The van der Waals surface area contributed by atoms with Crippen LogP contribution < -0.4 is 4.74 Å². The number of rotatable bonds is 7. The SMILES string of the molecule is CC(C)c1cc(C(C)C)c(-c2cc3ccccc3c(Br)c2OCc2ccccc2)c(C(C)C)c1. The van der Waals surface area contributed by atoms with Crippen molar-refractivity contribution < 1.29 is 4.74 Å². The molecule has 4 aromatic rings. The highest BCUT2D eigenvalue weighted by atomic mass is 79.9. The lowest BCUT2D eigenvalue weighted by molar-refractivity contribution is 0.306. The van der Waals surface area contributed by atoms with Crippen molar-refractivity contribution in [3.63, 3.8) is 0 Å². The van der Waals surface area contributed by atoms with Gasteiger partial charge in [0, 0.05) is 5.56 Å². The Hall–Kier alpha value is -2.58. The van der Waals surface area contributed by atoms with Crippen LogP contribution >= 0.6 is 15.9 Å². The average Bonchev–Trinajstić information content (AvgIpc) is 2.83. The smallest absolute Gasteiger partial charge is 0.142 e. The van der Waals surface area contributed by atoms with E-state index in [1.165, 1.54) is 38.6 Å². The van der Waals surface area contributed by atoms with Gasteiger partial charge in [-0.15, -0.1) is 0 Å². The van der Waals surface area contributed by atoms with Crippen molar-refractivity contribution in [2.24, 2.45) is 0 Å². The molecule has 0 atom stereocenters. The van der Waals surface area contributed by atoms with E-state index in [-0.39, 0.29) is 0 Å². The van der Waals surface area contributed by atoms with E-state index < -0.39 is 0 Å². The molecule has 0 aliphatic carbocycles. The molecule has 34 heavy (non-hydrogen) atoms. The molecule has 0 radical (unpaired) electrons. The molecule has 0 N–H and O–H groups in total. The topological polar surface area (TPSA) is 9.23 Å². The molecule has 4 rings (SSSR count). The van der Waals surface area contributed by atoms with Gasteiger partial charge in [0.05, 0.1) is 4.47 Å². The molecule has 0 amide bonds. The van der Waals surface area contributed by atoms with Crippen molar-refractivity contribution in [1.29, 1.82) is 0 Å². The predicted molar refractivity (Wildman–Crippen MR) is 150 cm³/mol. The second-order valence-electron chi connectivity index (χ2n) is 10.1. The van der Waals surface area contributed by atoms with Gasteiger partial charge in [-0.1, -0.05) is 108 Å². The number of fused-ring (bicyclic) bond motifs is 1. The Morgan fingerprint density at radius 2 is 1.29 bits per heavy atom. The third-order valence-electron chi connectivity index (χ3n) is 6.57. The van der Waals surface area contributed by atoms with Crippen molar-refractivity contribution in [2.75, 3.05) is 0 Å². The Labute approximate surface area is 213 Å². The van der Waals surface area contributed by atoms with E-state index in [1.54, 1.807) is 0 Å². The van der Waals surface area contributed by atoms with Gasteiger partial charge in [-0.3, -0.25) is 0 Å². The Kier molecular flexibility index (Phi) is 7.48. The second kappa shape index (κ2) is 10.4. The first-order valence-electron chi connectivity index (χ1n) is 12.3. The Bertz CT molecular complexity index is 1260. The lowest BCUT2D eigenvalue weighted by Crippen LogP contribution is -2.06. The Morgan fingerprint density at radius 1 is 0.706 bits per heavy atom. The number of hydrogen-bond acceptors (Lipinski definition) is 1. The minimum atomic E-state index is 0.401. The summed E-state index contributed by atoms with van der Waals surface area (Å²) in [5.74, 6) is 2.21. The molecule has 0 bridgehead atoms. The maximum Gasteiger partial charge on any atom is 0.142 e. The molecule has 0 saturated heterocycles. The van der Waals surface area contributed by atoms with Crippen LogP contribution in [0.25, 0.3) is 21.9 Å². The van der Waals surface area contributed by atoms with Crippen LogP contribution in [-0.2, 0) is 6.61 Å². The van der Waals surface area contributed by atoms with Crippen molar-refractivity contribution in [2.45, 2.75) is 65.9 Å². The fourth-order valence-corrected chi connectivity index (χ4v) is 5.30. The van der Waals surface area contributed by atoms with Crippen LogP contribution in [0.15, 0.2) is 77.3 Å². The van der Waals surface area contributed by atoms with Gasteiger partial charge < -0.3 is 4.74 Å². The summed E-state index contributed by atoms with van der Waals surface area (Å²) in [7, 11) is 0. The molecular weight excluding hydrogens is 480 g/mol. The summed E-state index contributed by atoms with van der Waals surface area (Å²) in [6, 6.07) is 26.1. The summed E-state index contributed by atoms with van der Waals surface area (Å²) in [6.45, 7) is 14.3. The van der Waals surface area contributed by atoms with Gasteiger partial charge in [0.1, 0.15) is 12.4 Å². The second-order valence-corrected chi connectivity index (χ2v) is 10.9. The highest BCUT2D eigenvalue weighted by Gasteiger charge is 2.23. The van der Waals surface area contributed by atoms with Gasteiger partial charge in [0.15, 0.2) is 0 Å². The summed E-state index contributed by atoms with van der Waals surface area (Å²) < 4.78 is 7.64. The average molecular weight is 516 g/mol. The predicted octanol–water partition coefficient (Wildman–Crippen LogP) is 10.2. The van der Waals surface area contributed by atoms with Crippen LogP contribution in [0.1, 0.15) is 81.5 Å². The van der Waals surface area contributed by atoms with Crippen molar-refractivity contribution in [3.8, 4) is 16.9 Å². The summed E-state index contributed by atoms with van der Waals surface area (Å²) in [6.07, 6.45) is 0. The third kappa shape index (κ3) is 4.93. The van der Waals surface area contributed by atoms with E-state index >= 15 is 0 Å². The standard InChI is InChI=1S/C32H35BrO/c1-20(2)25-17-27(21(3)4)30(28(18-25)22(5)6)29-16-24-14-10-11-15-26(24)31(33)32(29)34-19-23-12-8-7-9-13-23/h7-18,20-22H,19H2,1-6H3. The fraction of sp³-hybridized carbons (Fsp3) is 0.312. The minimum Gasteiger partial charge on any atom is -0.487 e. The first-order valence-corrected chi connectivity index (χ1v) is 13.1. The van der Waals surface area contributed by atoms with Crippen molar-refractivity contribution in [1.82, 2.24) is 0 Å². The van der Waals surface area contributed by atoms with E-state index in [4.69, 9.17) is 4.74 Å². The van der Waals surface area contributed by atoms with Gasteiger partial charge in [0.25, 0.3) is 0 Å². The van der Waals surface area contributed by atoms with Crippen molar-refractivity contribution >= 4 is 26.7 Å². The molecule has 0 saturated carbocycles.